The van der Waals surface area contributed by atoms with Crippen LogP contribution in [0.3, 0.4) is 0 Å². The Morgan fingerprint density at radius 2 is 1.91 bits per heavy atom. The van der Waals surface area contributed by atoms with Crippen LogP contribution in [0.15, 0.2) is 24.3 Å². The lowest BCUT2D eigenvalue weighted by molar-refractivity contribution is -0.0137. The van der Waals surface area contributed by atoms with E-state index in [0.717, 1.165) is 0 Å². The fraction of sp³-hybridized carbons (Fsp3) is 0.588. The maximum Gasteiger partial charge on any atom is 0.256 e. The van der Waals surface area contributed by atoms with E-state index < -0.39 is 11.9 Å². The quantitative estimate of drug-likeness (QED) is 0.859. The zero-order valence-corrected chi connectivity index (χ0v) is 13.7. The molecule has 23 heavy (non-hydrogen) atoms. The zero-order valence-electron chi connectivity index (χ0n) is 13.7. The number of hydrogen-bond acceptors (Lipinski definition) is 4. The number of ether oxygens (including phenoxy) is 1. The second-order valence-corrected chi connectivity index (χ2v) is 6.11. The van der Waals surface area contributed by atoms with Gasteiger partial charge >= 0.3 is 0 Å². The Hall–Kier alpha value is -1.50. The Bertz CT molecular complexity index is 516. The van der Waals surface area contributed by atoms with Crippen molar-refractivity contribution in [2.75, 3.05) is 39.3 Å². The van der Waals surface area contributed by atoms with Crippen molar-refractivity contribution in [3.05, 3.63) is 35.6 Å². The predicted octanol–water partition coefficient (Wildman–Crippen LogP) is 1.37. The Balaban J connectivity index is 1.80. The van der Waals surface area contributed by atoms with Gasteiger partial charge in [0, 0.05) is 32.7 Å². The van der Waals surface area contributed by atoms with Gasteiger partial charge in [0.25, 0.3) is 5.91 Å². The first-order valence-corrected chi connectivity index (χ1v) is 8.03. The lowest BCUT2D eigenvalue weighted by Gasteiger charge is -2.35. The summed E-state index contributed by atoms with van der Waals surface area (Å²) in [6.45, 7) is 7.09. The normalized spacial score (nSPS) is 17.5. The van der Waals surface area contributed by atoms with E-state index >= 15 is 0 Å². The van der Waals surface area contributed by atoms with Crippen LogP contribution in [0.1, 0.15) is 24.2 Å². The number of halogens is 1. The molecule has 1 aromatic carbocycles. The highest BCUT2D eigenvalue weighted by molar-refractivity contribution is 5.94. The molecule has 2 rings (SSSR count). The van der Waals surface area contributed by atoms with Gasteiger partial charge in [0.15, 0.2) is 0 Å². The van der Waals surface area contributed by atoms with Crippen molar-refractivity contribution in [2.24, 2.45) is 0 Å². The van der Waals surface area contributed by atoms with Crippen LogP contribution < -0.4 is 0 Å². The van der Waals surface area contributed by atoms with Crippen LogP contribution in [0.25, 0.3) is 0 Å². The molecule has 0 bridgehead atoms. The molecule has 6 heteroatoms. The zero-order chi connectivity index (χ0) is 16.8. The minimum Gasteiger partial charge on any atom is -0.389 e. The maximum absolute atomic E-state index is 13.7. The van der Waals surface area contributed by atoms with Crippen LogP contribution >= 0.6 is 0 Å². The molecular weight excluding hydrogens is 299 g/mol. The summed E-state index contributed by atoms with van der Waals surface area (Å²) < 4.78 is 19.1. The first-order chi connectivity index (χ1) is 11.0. The summed E-state index contributed by atoms with van der Waals surface area (Å²) in [5.41, 5.74) is 0.117. The highest BCUT2D eigenvalue weighted by Crippen LogP contribution is 2.12. The van der Waals surface area contributed by atoms with Gasteiger partial charge in [0.2, 0.25) is 0 Å². The summed E-state index contributed by atoms with van der Waals surface area (Å²) in [6.07, 6.45) is -0.439. The van der Waals surface area contributed by atoms with Gasteiger partial charge in [-0.15, -0.1) is 0 Å². The molecule has 1 atom stereocenters. The molecule has 1 fully saturated rings. The minimum absolute atomic E-state index is 0.0971. The van der Waals surface area contributed by atoms with Crippen molar-refractivity contribution in [3.8, 4) is 0 Å². The van der Waals surface area contributed by atoms with E-state index in [9.17, 15) is 14.3 Å². The number of hydrogen-bond donors (Lipinski definition) is 1. The van der Waals surface area contributed by atoms with E-state index in [-0.39, 0.29) is 17.6 Å². The number of aliphatic hydroxyl groups excluding tert-OH is 1. The second kappa shape index (κ2) is 8.38. The molecule has 0 radical (unpaired) electrons. The van der Waals surface area contributed by atoms with Gasteiger partial charge in [-0.2, -0.15) is 0 Å². The molecule has 1 N–H and O–H groups in total. The van der Waals surface area contributed by atoms with Crippen LogP contribution in [0.4, 0.5) is 4.39 Å². The van der Waals surface area contributed by atoms with E-state index in [0.29, 0.717) is 39.3 Å². The number of amides is 1. The standard InChI is InChI=1S/C17H25FN2O3/c1-13(2)23-12-14(21)11-19-7-9-20(10-8-19)17(22)15-5-3-4-6-16(15)18/h3-6,13-14,21H,7-12H2,1-2H3. The summed E-state index contributed by atoms with van der Waals surface area (Å²) in [5, 5.41) is 9.94. The monoisotopic (exact) mass is 324 g/mol. The number of benzene rings is 1. The first kappa shape index (κ1) is 17.8. The Kier molecular flexibility index (Phi) is 6.50. The average molecular weight is 324 g/mol. The lowest BCUT2D eigenvalue weighted by atomic mass is 10.1. The summed E-state index contributed by atoms with van der Waals surface area (Å²) in [5.74, 6) is -0.757. The third-order valence-electron chi connectivity index (χ3n) is 3.85. The molecule has 5 nitrogen and oxygen atoms in total. The van der Waals surface area contributed by atoms with Gasteiger partial charge < -0.3 is 14.7 Å². The first-order valence-electron chi connectivity index (χ1n) is 8.03. The van der Waals surface area contributed by atoms with E-state index in [1.807, 2.05) is 13.8 Å². The maximum atomic E-state index is 13.7. The van der Waals surface area contributed by atoms with Crippen molar-refractivity contribution in [1.82, 2.24) is 9.80 Å². The average Bonchev–Trinajstić information content (AvgIpc) is 2.53. The molecule has 0 aliphatic carbocycles. The third kappa shape index (κ3) is 5.27. The number of carbonyl (C=O) groups excluding carboxylic acids is 1. The van der Waals surface area contributed by atoms with Crippen molar-refractivity contribution >= 4 is 5.91 Å². The molecule has 0 spiro atoms. The number of carbonyl (C=O) groups is 1. The summed E-state index contributed by atoms with van der Waals surface area (Å²) in [4.78, 5) is 16.1. The van der Waals surface area contributed by atoms with E-state index in [1.54, 1.807) is 17.0 Å². The fourth-order valence-electron chi connectivity index (χ4n) is 2.59. The van der Waals surface area contributed by atoms with Gasteiger partial charge in [-0.1, -0.05) is 12.1 Å². The van der Waals surface area contributed by atoms with Gasteiger partial charge in [-0.3, -0.25) is 9.69 Å². The van der Waals surface area contributed by atoms with Crippen molar-refractivity contribution in [1.29, 1.82) is 0 Å². The summed E-state index contributed by atoms with van der Waals surface area (Å²) >= 11 is 0. The van der Waals surface area contributed by atoms with Crippen LogP contribution in [-0.2, 0) is 4.74 Å². The van der Waals surface area contributed by atoms with E-state index in [2.05, 4.69) is 4.90 Å². The highest BCUT2D eigenvalue weighted by atomic mass is 19.1. The highest BCUT2D eigenvalue weighted by Gasteiger charge is 2.24. The van der Waals surface area contributed by atoms with Crippen molar-refractivity contribution in [3.63, 3.8) is 0 Å². The van der Waals surface area contributed by atoms with Crippen molar-refractivity contribution < 1.29 is 19.0 Å². The molecule has 128 valence electrons. The Labute approximate surface area is 136 Å². The smallest absolute Gasteiger partial charge is 0.256 e. The number of β-amino-alcohol motifs (C(OH)–C–C–N with tert-alkyl or cyclic N) is 1. The molecular formula is C17H25FN2O3. The number of nitrogens with zero attached hydrogens (tertiary/aromatic N) is 2. The van der Waals surface area contributed by atoms with Gasteiger partial charge in [-0.25, -0.2) is 4.39 Å². The molecule has 1 aliphatic heterocycles. The molecule has 1 heterocycles. The third-order valence-corrected chi connectivity index (χ3v) is 3.85. The summed E-state index contributed by atoms with van der Waals surface area (Å²) in [7, 11) is 0. The van der Waals surface area contributed by atoms with E-state index in [4.69, 9.17) is 4.74 Å². The topological polar surface area (TPSA) is 53.0 Å². The van der Waals surface area contributed by atoms with Gasteiger partial charge in [-0.05, 0) is 26.0 Å². The molecule has 0 saturated carbocycles. The van der Waals surface area contributed by atoms with Gasteiger partial charge in [0.1, 0.15) is 5.82 Å². The van der Waals surface area contributed by atoms with Crippen LogP contribution in [-0.4, -0.2) is 72.4 Å². The van der Waals surface area contributed by atoms with Crippen LogP contribution in [0.2, 0.25) is 0 Å². The molecule has 0 aromatic heterocycles. The second-order valence-electron chi connectivity index (χ2n) is 6.11. The number of rotatable bonds is 6. The van der Waals surface area contributed by atoms with Gasteiger partial charge in [0.05, 0.1) is 24.4 Å². The van der Waals surface area contributed by atoms with E-state index in [1.165, 1.54) is 12.1 Å². The fourth-order valence-corrected chi connectivity index (χ4v) is 2.59. The molecule has 1 unspecified atom stereocenters. The van der Waals surface area contributed by atoms with Crippen LogP contribution in [0.5, 0.6) is 0 Å². The number of piperazine rings is 1. The molecule has 1 aromatic rings. The minimum atomic E-state index is -0.536. The molecule has 1 saturated heterocycles. The van der Waals surface area contributed by atoms with Crippen LogP contribution in [0, 0.1) is 5.82 Å². The van der Waals surface area contributed by atoms with Crippen molar-refractivity contribution in [2.45, 2.75) is 26.1 Å². The molecule has 1 amide bonds. The SMILES string of the molecule is CC(C)OCC(O)CN1CCN(C(=O)c2ccccc2F)CC1. The summed E-state index contributed by atoms with van der Waals surface area (Å²) in [6, 6.07) is 6.05. The predicted molar refractivity (Wildman–Crippen MR) is 85.8 cm³/mol. The Morgan fingerprint density at radius 1 is 1.26 bits per heavy atom. The lowest BCUT2D eigenvalue weighted by Crippen LogP contribution is -2.51. The Morgan fingerprint density at radius 3 is 2.52 bits per heavy atom. The largest absolute Gasteiger partial charge is 0.389 e. The number of aliphatic hydroxyl groups is 1. The molecule has 1 aliphatic rings.